The van der Waals surface area contributed by atoms with Crippen LogP contribution in [0.25, 0.3) is 0 Å². The highest BCUT2D eigenvalue weighted by molar-refractivity contribution is 9.10. The van der Waals surface area contributed by atoms with Crippen molar-refractivity contribution in [3.63, 3.8) is 0 Å². The number of methoxy groups -OCH3 is 2. The summed E-state index contributed by atoms with van der Waals surface area (Å²) in [6.07, 6.45) is 1.33. The first kappa shape index (κ1) is 28.9. The Morgan fingerprint density at radius 3 is 2.48 bits per heavy atom. The Hall–Kier alpha value is -3.21. The molecular weight excluding hydrogens is 620 g/mol. The van der Waals surface area contributed by atoms with Gasteiger partial charge in [-0.3, -0.25) is 14.4 Å². The van der Waals surface area contributed by atoms with E-state index >= 15 is 0 Å². The van der Waals surface area contributed by atoms with Gasteiger partial charge in [0.25, 0.3) is 5.91 Å². The fourth-order valence-electron chi connectivity index (χ4n) is 6.45. The van der Waals surface area contributed by atoms with Crippen LogP contribution < -0.4 is 14.7 Å². The quantitative estimate of drug-likeness (QED) is 0.229. The van der Waals surface area contributed by atoms with Gasteiger partial charge in [-0.2, -0.15) is 0 Å². The number of anilines is 2. The third kappa shape index (κ3) is 4.64. The molecule has 8 nitrogen and oxygen atoms in total. The summed E-state index contributed by atoms with van der Waals surface area (Å²) in [4.78, 5) is 50.3. The number of hydrogen-bond acceptors (Lipinski definition) is 8. The normalized spacial score (nSPS) is 23.7. The molecule has 2 saturated heterocycles. The van der Waals surface area contributed by atoms with E-state index in [-0.39, 0.29) is 5.41 Å². The van der Waals surface area contributed by atoms with Crippen molar-refractivity contribution in [2.75, 3.05) is 24.2 Å². The minimum atomic E-state index is -1.07. The number of rotatable bonds is 5. The number of hydroxylamine groups is 1. The summed E-state index contributed by atoms with van der Waals surface area (Å²) in [6, 6.07) is 14.3. The Labute approximate surface area is 257 Å². The van der Waals surface area contributed by atoms with Gasteiger partial charge in [-0.1, -0.05) is 54.9 Å². The number of fused-ring (bicyclic) bond motifs is 2. The van der Waals surface area contributed by atoms with Gasteiger partial charge in [0.05, 0.1) is 31.5 Å². The van der Waals surface area contributed by atoms with Crippen molar-refractivity contribution >= 4 is 55.7 Å². The van der Waals surface area contributed by atoms with Gasteiger partial charge in [0, 0.05) is 14.9 Å². The minimum Gasteiger partial charge on any atom is -0.496 e. The van der Waals surface area contributed by atoms with E-state index in [1.807, 2.05) is 48.5 Å². The molecule has 4 atom stereocenters. The summed E-state index contributed by atoms with van der Waals surface area (Å²) in [5.74, 6) is -1.31. The summed E-state index contributed by atoms with van der Waals surface area (Å²) in [5, 5.41) is 1.97. The summed E-state index contributed by atoms with van der Waals surface area (Å²) < 4.78 is 11.7. The van der Waals surface area contributed by atoms with Crippen LogP contribution in [0.3, 0.4) is 0 Å². The van der Waals surface area contributed by atoms with Crippen LogP contribution in [-0.2, 0) is 32.0 Å². The molecule has 0 N–H and O–H groups in total. The lowest BCUT2D eigenvalue weighted by Gasteiger charge is -2.33. The highest BCUT2D eigenvalue weighted by Gasteiger charge is 2.61. The molecule has 0 unspecified atom stereocenters. The summed E-state index contributed by atoms with van der Waals surface area (Å²) >= 11 is 4.91. The molecule has 3 aliphatic rings. The lowest BCUT2D eigenvalue weighted by Crippen LogP contribution is -2.37. The second-order valence-corrected chi connectivity index (χ2v) is 14.0. The van der Waals surface area contributed by atoms with Crippen LogP contribution in [0.2, 0.25) is 0 Å². The average molecular weight is 654 g/mol. The van der Waals surface area contributed by atoms with Crippen molar-refractivity contribution in [2.45, 2.75) is 52.2 Å². The minimum absolute atomic E-state index is 0.0918. The molecule has 2 aromatic carbocycles. The third-order valence-electron chi connectivity index (χ3n) is 8.70. The molecule has 6 rings (SSSR count). The van der Waals surface area contributed by atoms with Gasteiger partial charge in [-0.15, -0.1) is 11.3 Å². The molecule has 0 bridgehead atoms. The summed E-state index contributed by atoms with van der Waals surface area (Å²) in [7, 11) is 2.90. The van der Waals surface area contributed by atoms with Crippen molar-refractivity contribution in [1.82, 2.24) is 0 Å². The molecule has 3 heterocycles. The lowest BCUT2D eigenvalue weighted by molar-refractivity contribution is -0.126. The number of esters is 1. The van der Waals surface area contributed by atoms with Crippen LogP contribution in [-0.4, -0.2) is 38.1 Å². The molecule has 0 saturated carbocycles. The maximum atomic E-state index is 14.4. The number of benzene rings is 2. The maximum Gasteiger partial charge on any atom is 0.341 e. The number of para-hydroxylation sites is 1. The van der Waals surface area contributed by atoms with E-state index in [9.17, 15) is 14.4 Å². The highest BCUT2D eigenvalue weighted by Crippen LogP contribution is 2.52. The van der Waals surface area contributed by atoms with Crippen molar-refractivity contribution in [2.24, 2.45) is 17.3 Å². The van der Waals surface area contributed by atoms with Gasteiger partial charge in [-0.25, -0.2) is 14.8 Å². The molecule has 2 aliphatic heterocycles. The topological polar surface area (TPSA) is 85.4 Å². The molecule has 220 valence electrons. The Morgan fingerprint density at radius 1 is 1.07 bits per heavy atom. The number of nitrogens with zero attached hydrogens (tertiary/aromatic N) is 2. The summed E-state index contributed by atoms with van der Waals surface area (Å²) in [5.41, 5.74) is 2.72. The van der Waals surface area contributed by atoms with Gasteiger partial charge >= 0.3 is 5.97 Å². The number of amides is 2. The number of thiophene rings is 1. The van der Waals surface area contributed by atoms with Crippen LogP contribution in [0, 0.1) is 17.3 Å². The monoisotopic (exact) mass is 652 g/mol. The second-order valence-electron chi connectivity index (χ2n) is 12.0. The number of ether oxygens (including phenoxy) is 2. The smallest absolute Gasteiger partial charge is 0.341 e. The molecule has 2 fully saturated rings. The number of imide groups is 1. The molecule has 3 aromatic rings. The Balaban J connectivity index is 1.46. The van der Waals surface area contributed by atoms with Gasteiger partial charge < -0.3 is 9.47 Å². The van der Waals surface area contributed by atoms with Gasteiger partial charge in [0.1, 0.15) is 16.7 Å². The van der Waals surface area contributed by atoms with E-state index < -0.39 is 35.8 Å². The van der Waals surface area contributed by atoms with Crippen molar-refractivity contribution in [1.29, 1.82) is 0 Å². The van der Waals surface area contributed by atoms with E-state index in [0.717, 1.165) is 27.8 Å². The predicted molar refractivity (Wildman–Crippen MR) is 164 cm³/mol. The van der Waals surface area contributed by atoms with Gasteiger partial charge in [-0.05, 0) is 66.5 Å². The van der Waals surface area contributed by atoms with Gasteiger partial charge in [0.15, 0.2) is 6.10 Å². The van der Waals surface area contributed by atoms with E-state index in [0.29, 0.717) is 39.9 Å². The van der Waals surface area contributed by atoms with E-state index in [4.69, 9.17) is 14.3 Å². The fourth-order valence-corrected chi connectivity index (χ4v) is 8.25. The maximum absolute atomic E-state index is 14.4. The third-order valence-corrected chi connectivity index (χ3v) is 10.4. The van der Waals surface area contributed by atoms with Crippen LogP contribution in [0.5, 0.6) is 5.75 Å². The average Bonchev–Trinajstić information content (AvgIpc) is 3.62. The molecule has 0 spiro atoms. The molecule has 2 amide bonds. The SMILES string of the molecule is COC(=O)c1c(N2C(=O)[C@@H]3[C@H](ON(c4ccccc4)[C@H]3c3cc(Br)ccc3OC)C2=O)sc2c1CC[C@H](C(C)(C)C)C2. The molecule has 1 aliphatic carbocycles. The van der Waals surface area contributed by atoms with Crippen LogP contribution in [0.4, 0.5) is 10.7 Å². The van der Waals surface area contributed by atoms with Gasteiger partial charge in [0.2, 0.25) is 5.91 Å². The highest BCUT2D eigenvalue weighted by atomic mass is 79.9. The Bertz CT molecular complexity index is 1560. The zero-order valence-corrected chi connectivity index (χ0v) is 26.6. The standard InChI is InChI=1S/C32H33BrN2O6S/c1-32(2,3)17-11-13-20-23(15-17)42-30(24(20)31(38)40-5)34-28(36)25-26(21-16-18(33)12-14-22(21)39-4)35(41-27(25)29(34)37)19-9-7-6-8-10-19/h6-10,12,14,16-17,25-27H,11,13,15H2,1-5H3/t17-,25-,26-,27-/m0/s1. The number of halogens is 1. The molecule has 1 aromatic heterocycles. The zero-order chi connectivity index (χ0) is 29.9. The van der Waals surface area contributed by atoms with Crippen molar-refractivity contribution in [3.8, 4) is 5.75 Å². The predicted octanol–water partition coefficient (Wildman–Crippen LogP) is 6.51. The van der Waals surface area contributed by atoms with E-state index in [1.54, 1.807) is 12.2 Å². The second kappa shape index (κ2) is 10.8. The fraction of sp³-hybridized carbons (Fsp3) is 0.406. The largest absolute Gasteiger partial charge is 0.496 e. The molecular formula is C32H33BrN2O6S. The van der Waals surface area contributed by atoms with E-state index in [2.05, 4.69) is 36.7 Å². The summed E-state index contributed by atoms with van der Waals surface area (Å²) in [6.45, 7) is 6.66. The number of carbonyl (C=O) groups is 3. The molecule has 42 heavy (non-hydrogen) atoms. The Kier molecular flexibility index (Phi) is 7.43. The van der Waals surface area contributed by atoms with Crippen LogP contribution in [0.1, 0.15) is 59.6 Å². The molecule has 0 radical (unpaired) electrons. The lowest BCUT2D eigenvalue weighted by atomic mass is 9.72. The molecule has 10 heteroatoms. The Morgan fingerprint density at radius 2 is 1.81 bits per heavy atom. The number of hydrogen-bond donors (Lipinski definition) is 0. The zero-order valence-electron chi connectivity index (χ0n) is 24.2. The number of carbonyl (C=O) groups excluding carboxylic acids is 3. The van der Waals surface area contributed by atoms with Crippen molar-refractivity contribution in [3.05, 3.63) is 74.6 Å². The van der Waals surface area contributed by atoms with E-state index in [1.165, 1.54) is 23.3 Å². The first-order valence-corrected chi connectivity index (χ1v) is 15.6. The first-order chi connectivity index (χ1) is 20.0. The first-order valence-electron chi connectivity index (χ1n) is 14.0. The van der Waals surface area contributed by atoms with Crippen molar-refractivity contribution < 1.29 is 28.7 Å². The van der Waals surface area contributed by atoms with Crippen LogP contribution in [0.15, 0.2) is 53.0 Å². The van der Waals surface area contributed by atoms with Crippen LogP contribution >= 0.6 is 27.3 Å².